The molecule has 0 saturated carbocycles. The van der Waals surface area contributed by atoms with Crippen LogP contribution in [0, 0.1) is 0 Å². The molecule has 1 unspecified atom stereocenters. The van der Waals surface area contributed by atoms with Gasteiger partial charge in [0.15, 0.2) is 11.1 Å². The fraction of sp³-hybridized carbons (Fsp3) is 0.143. The number of rotatable bonds is 2. The molecule has 0 spiro atoms. The predicted octanol–water partition coefficient (Wildman–Crippen LogP) is 0.342. The fourth-order valence-corrected chi connectivity index (χ4v) is 1.29. The normalized spacial score (nSPS) is 11.8. The van der Waals surface area contributed by atoms with Gasteiger partial charge in [-0.3, -0.25) is 0 Å². The number of hydrogen-bond donors (Lipinski definition) is 2. The summed E-state index contributed by atoms with van der Waals surface area (Å²) in [6.45, 7) is 0. The Morgan fingerprint density at radius 3 is 2.67 bits per heavy atom. The van der Waals surface area contributed by atoms with E-state index in [-0.39, 0.29) is 35.3 Å². The van der Waals surface area contributed by atoms with Crippen LogP contribution in [0.15, 0.2) is 24.3 Å². The van der Waals surface area contributed by atoms with Gasteiger partial charge in [-0.1, -0.05) is 12.1 Å². The second-order valence-electron chi connectivity index (χ2n) is 2.21. The molecular formula is C7H10NNaO2S. The molecule has 0 saturated heterocycles. The van der Waals surface area contributed by atoms with Crippen LogP contribution in [-0.2, 0) is 16.8 Å². The molecule has 0 aromatic heterocycles. The van der Waals surface area contributed by atoms with Crippen molar-refractivity contribution in [3.8, 4) is 0 Å². The predicted molar refractivity (Wildman–Crippen MR) is 52.5 cm³/mol. The third-order valence-electron chi connectivity index (χ3n) is 1.24. The van der Waals surface area contributed by atoms with E-state index in [0.29, 0.717) is 5.69 Å². The summed E-state index contributed by atoms with van der Waals surface area (Å²) >= 11 is -1.78. The summed E-state index contributed by atoms with van der Waals surface area (Å²) < 4.78 is 18.9. The third kappa shape index (κ3) is 4.23. The van der Waals surface area contributed by atoms with Gasteiger partial charge in [0, 0.05) is 5.69 Å². The molecule has 1 aromatic rings. The Labute approximate surface area is 95.9 Å². The van der Waals surface area contributed by atoms with Crippen molar-refractivity contribution in [3.63, 3.8) is 0 Å². The first kappa shape index (κ1) is 12.1. The van der Waals surface area contributed by atoms with Gasteiger partial charge in [-0.2, -0.15) is 0 Å². The first-order valence-corrected chi connectivity index (χ1v) is 4.38. The Hall–Kier alpha value is 0.130. The molecule has 3 nitrogen and oxygen atoms in total. The van der Waals surface area contributed by atoms with Crippen molar-refractivity contribution in [1.82, 2.24) is 0 Å². The standard InChI is InChI=1S/C7H9NO2S.Na.H/c8-7-3-1-2-6(4-7)5-11(9)10;;/h1-4H,5,8H2,(H,9,10);;. The van der Waals surface area contributed by atoms with Gasteiger partial charge in [0.1, 0.15) is 0 Å². The SMILES string of the molecule is Nc1cccc(CS(=O)O)c1.[NaH]. The zero-order chi connectivity index (χ0) is 8.27. The molecule has 62 valence electrons. The Morgan fingerprint density at radius 1 is 1.50 bits per heavy atom. The molecule has 1 aromatic carbocycles. The van der Waals surface area contributed by atoms with E-state index in [1.165, 1.54) is 0 Å². The van der Waals surface area contributed by atoms with Gasteiger partial charge < -0.3 is 10.3 Å². The quantitative estimate of drug-likeness (QED) is 0.406. The molecule has 0 aliphatic carbocycles. The molecule has 0 fully saturated rings. The van der Waals surface area contributed by atoms with Crippen molar-refractivity contribution in [2.45, 2.75) is 5.75 Å². The van der Waals surface area contributed by atoms with Gasteiger partial charge in [0.25, 0.3) is 0 Å². The van der Waals surface area contributed by atoms with Crippen LogP contribution in [-0.4, -0.2) is 38.3 Å². The van der Waals surface area contributed by atoms with Crippen molar-refractivity contribution in [2.75, 3.05) is 5.73 Å². The first-order valence-electron chi connectivity index (χ1n) is 3.10. The second kappa shape index (κ2) is 5.72. The third-order valence-corrected chi connectivity index (χ3v) is 1.82. The van der Waals surface area contributed by atoms with Crippen LogP contribution >= 0.6 is 0 Å². The Balaban J connectivity index is 0.00000121. The molecule has 0 aliphatic heterocycles. The van der Waals surface area contributed by atoms with Crippen molar-refractivity contribution in [2.24, 2.45) is 0 Å². The van der Waals surface area contributed by atoms with E-state index < -0.39 is 11.1 Å². The van der Waals surface area contributed by atoms with E-state index in [1.807, 2.05) is 0 Å². The van der Waals surface area contributed by atoms with Gasteiger partial charge in [-0.15, -0.1) is 0 Å². The van der Waals surface area contributed by atoms with Crippen LogP contribution in [0.3, 0.4) is 0 Å². The maximum atomic E-state index is 10.4. The average molecular weight is 195 g/mol. The van der Waals surface area contributed by atoms with Gasteiger partial charge in [-0.25, -0.2) is 4.21 Å². The molecule has 0 heterocycles. The molecule has 0 radical (unpaired) electrons. The monoisotopic (exact) mass is 195 g/mol. The van der Waals surface area contributed by atoms with Crippen LogP contribution in [0.4, 0.5) is 5.69 Å². The summed E-state index contributed by atoms with van der Waals surface area (Å²) in [5.74, 6) is 0.144. The van der Waals surface area contributed by atoms with Crippen LogP contribution < -0.4 is 5.73 Å². The average Bonchev–Trinajstić information content (AvgIpc) is 1.85. The van der Waals surface area contributed by atoms with Gasteiger partial charge >= 0.3 is 29.6 Å². The van der Waals surface area contributed by atoms with E-state index in [1.54, 1.807) is 24.3 Å². The number of anilines is 1. The molecule has 3 N–H and O–H groups in total. The molecule has 1 rings (SSSR count). The summed E-state index contributed by atoms with van der Waals surface area (Å²) in [6, 6.07) is 6.96. The maximum absolute atomic E-state index is 10.4. The van der Waals surface area contributed by atoms with Crippen molar-refractivity contribution >= 4 is 46.3 Å². The first-order chi connectivity index (χ1) is 5.18. The van der Waals surface area contributed by atoms with E-state index in [0.717, 1.165) is 5.56 Å². The van der Waals surface area contributed by atoms with Crippen molar-refractivity contribution in [1.29, 1.82) is 0 Å². The molecule has 0 aliphatic rings. The van der Waals surface area contributed by atoms with E-state index in [2.05, 4.69) is 0 Å². The summed E-state index contributed by atoms with van der Waals surface area (Å²) in [4.78, 5) is 0. The minimum absolute atomic E-state index is 0. The van der Waals surface area contributed by atoms with Crippen LogP contribution in [0.5, 0.6) is 0 Å². The zero-order valence-electron chi connectivity index (χ0n) is 5.86. The number of benzene rings is 1. The van der Waals surface area contributed by atoms with Crippen molar-refractivity contribution in [3.05, 3.63) is 29.8 Å². The van der Waals surface area contributed by atoms with Crippen LogP contribution in [0.2, 0.25) is 0 Å². The van der Waals surface area contributed by atoms with E-state index >= 15 is 0 Å². The second-order valence-corrected chi connectivity index (χ2v) is 3.14. The molecule has 0 amide bonds. The van der Waals surface area contributed by atoms with Crippen molar-refractivity contribution < 1.29 is 8.76 Å². The van der Waals surface area contributed by atoms with Gasteiger partial charge in [0.05, 0.1) is 5.75 Å². The van der Waals surface area contributed by atoms with Gasteiger partial charge in [-0.05, 0) is 17.7 Å². The Bertz CT molecular complexity index is 280. The van der Waals surface area contributed by atoms with E-state index in [4.69, 9.17) is 10.3 Å². The molecule has 0 bridgehead atoms. The fourth-order valence-electron chi connectivity index (χ4n) is 0.825. The van der Waals surface area contributed by atoms with E-state index in [9.17, 15) is 4.21 Å². The summed E-state index contributed by atoms with van der Waals surface area (Å²) in [7, 11) is 0. The minimum atomic E-state index is -1.78. The number of nitrogens with two attached hydrogens (primary N) is 1. The Morgan fingerprint density at radius 2 is 2.17 bits per heavy atom. The van der Waals surface area contributed by atoms with Crippen LogP contribution in [0.25, 0.3) is 0 Å². The summed E-state index contributed by atoms with van der Waals surface area (Å²) in [5.41, 5.74) is 6.86. The molecule has 1 atom stereocenters. The summed E-state index contributed by atoms with van der Waals surface area (Å²) in [6.07, 6.45) is 0. The molecule has 5 heteroatoms. The number of nitrogen functional groups attached to an aromatic ring is 1. The Kier molecular flexibility index (Phi) is 5.78. The molecular weight excluding hydrogens is 185 g/mol. The summed E-state index contributed by atoms with van der Waals surface area (Å²) in [5, 5.41) is 0. The van der Waals surface area contributed by atoms with Crippen LogP contribution in [0.1, 0.15) is 5.56 Å². The topological polar surface area (TPSA) is 63.3 Å². The number of hydrogen-bond acceptors (Lipinski definition) is 2. The zero-order valence-corrected chi connectivity index (χ0v) is 6.67. The molecule has 12 heavy (non-hydrogen) atoms. The van der Waals surface area contributed by atoms with Gasteiger partial charge in [0.2, 0.25) is 0 Å².